The molecule has 0 saturated carbocycles. The zero-order valence-corrected chi connectivity index (χ0v) is 40.5. The first kappa shape index (κ1) is 47.6. The van der Waals surface area contributed by atoms with E-state index in [9.17, 15) is 49.2 Å². The number of aliphatic hydroxyl groups excluding tert-OH is 2. The lowest BCUT2D eigenvalue weighted by atomic mass is 10.0. The quantitative estimate of drug-likeness (QED) is 0.0815. The van der Waals surface area contributed by atoms with E-state index < -0.39 is 59.9 Å². The Balaban J connectivity index is 2.09. The minimum absolute atomic E-state index is 0.0161. The van der Waals surface area contributed by atoms with Gasteiger partial charge in [-0.3, -0.25) is 19.2 Å². The molecule has 0 atom stereocenters. The molecule has 286 valence electrons. The first-order valence-corrected chi connectivity index (χ1v) is 21.0. The zero-order chi connectivity index (χ0) is 39.9. The van der Waals surface area contributed by atoms with Crippen LogP contribution in [0, 0.1) is 21.4 Å². The second kappa shape index (κ2) is 20.6. The molecule has 0 unspecified atom stereocenters. The van der Waals surface area contributed by atoms with E-state index in [0.717, 1.165) is 0 Å². The van der Waals surface area contributed by atoms with Crippen molar-refractivity contribution in [2.24, 2.45) is 0 Å². The number of carbonyl (C=O) groups excluding carboxylic acids is 4. The molecule has 0 heterocycles. The highest BCUT2D eigenvalue weighted by molar-refractivity contribution is 14.1. The van der Waals surface area contributed by atoms with Gasteiger partial charge in [-0.1, -0.05) is 0 Å². The van der Waals surface area contributed by atoms with Gasteiger partial charge >= 0.3 is 11.9 Å². The smallest absolute Gasteiger partial charge is 0.337 e. The molecule has 8 N–H and O–H groups in total. The van der Waals surface area contributed by atoms with Crippen LogP contribution in [0.2, 0.25) is 0 Å². The van der Waals surface area contributed by atoms with E-state index in [4.69, 9.17) is 9.47 Å². The molecular weight excluding hydrogens is 1370 g/mol. The van der Waals surface area contributed by atoms with Gasteiger partial charge < -0.3 is 51.2 Å². The third-order valence-corrected chi connectivity index (χ3v) is 13.0. The molecule has 0 saturated heterocycles. The highest BCUT2D eigenvalue weighted by Gasteiger charge is 2.32. The van der Waals surface area contributed by atoms with Gasteiger partial charge in [-0.15, -0.1) is 0 Å². The summed E-state index contributed by atoms with van der Waals surface area (Å²) in [5, 5.41) is 49.4. The number of carboxylic acid groups (broad SMARTS) is 2. The summed E-state index contributed by atoms with van der Waals surface area (Å²) < 4.78 is 12.0. The highest BCUT2D eigenvalue weighted by Crippen LogP contribution is 2.37. The Kier molecular flexibility index (Phi) is 18.9. The SMILES string of the molecule is CC(C)(CO)NC(=O)c1c(I)c(NC(=O)COCCOCC(=O)Nc2c(I)c(C(=O)O)c(I)c(C(=O)NC(C)(C)CO)c2I)c(I)c(C(=O)O)c1I. The fourth-order valence-electron chi connectivity index (χ4n) is 3.94. The van der Waals surface area contributed by atoms with Gasteiger partial charge in [0.2, 0.25) is 11.8 Å². The summed E-state index contributed by atoms with van der Waals surface area (Å²) in [7, 11) is 0. The second-order valence-corrected chi connectivity index (χ2v) is 18.4. The van der Waals surface area contributed by atoms with Crippen LogP contribution < -0.4 is 21.3 Å². The van der Waals surface area contributed by atoms with Gasteiger partial charge in [-0.05, 0) is 163 Å². The molecule has 22 heteroatoms. The third-order valence-electron chi connectivity index (χ3n) is 6.58. The van der Waals surface area contributed by atoms with Crippen LogP contribution in [0.15, 0.2) is 0 Å². The van der Waals surface area contributed by atoms with Crippen molar-refractivity contribution >= 4 is 182 Å². The molecule has 2 aromatic carbocycles. The predicted molar refractivity (Wildman–Crippen MR) is 239 cm³/mol. The van der Waals surface area contributed by atoms with Gasteiger partial charge in [0.15, 0.2) is 0 Å². The first-order chi connectivity index (χ1) is 24.0. The first-order valence-electron chi connectivity index (χ1n) is 14.5. The summed E-state index contributed by atoms with van der Waals surface area (Å²) in [5.41, 5.74) is -2.16. The molecule has 0 spiro atoms. The third kappa shape index (κ3) is 12.5. The summed E-state index contributed by atoms with van der Waals surface area (Å²) >= 11 is 10.7. The Bertz CT molecular complexity index is 1660. The maximum atomic E-state index is 13.1. The van der Waals surface area contributed by atoms with Gasteiger partial charge in [0.05, 0.1) is 85.4 Å². The van der Waals surface area contributed by atoms with E-state index in [0.29, 0.717) is 0 Å². The van der Waals surface area contributed by atoms with E-state index in [1.807, 2.05) is 45.2 Å². The van der Waals surface area contributed by atoms with Crippen LogP contribution >= 0.6 is 136 Å². The number of aromatic carboxylic acids is 2. The number of amides is 4. The maximum Gasteiger partial charge on any atom is 0.337 e. The highest BCUT2D eigenvalue weighted by atomic mass is 127. The minimum Gasteiger partial charge on any atom is -0.478 e. The van der Waals surface area contributed by atoms with Crippen molar-refractivity contribution in [3.05, 3.63) is 43.7 Å². The van der Waals surface area contributed by atoms with Gasteiger partial charge in [-0.2, -0.15) is 0 Å². The number of halogens is 6. The fourth-order valence-corrected chi connectivity index (χ4v) is 12.7. The van der Waals surface area contributed by atoms with E-state index in [1.54, 1.807) is 118 Å². The molecule has 0 bridgehead atoms. The molecule has 2 rings (SSSR count). The van der Waals surface area contributed by atoms with Crippen LogP contribution in [-0.4, -0.2) is 107 Å². The van der Waals surface area contributed by atoms with E-state index in [1.165, 1.54) is 0 Å². The average molecular weight is 1400 g/mol. The number of anilines is 2. The lowest BCUT2D eigenvalue weighted by Crippen LogP contribution is -2.46. The summed E-state index contributed by atoms with van der Waals surface area (Å²) in [6.07, 6.45) is 0. The monoisotopic (exact) mass is 1400 g/mol. The Morgan fingerprint density at radius 2 is 0.827 bits per heavy atom. The summed E-state index contributed by atoms with van der Waals surface area (Å²) in [5.74, 6) is -5.21. The number of aliphatic hydroxyl groups is 2. The number of carboxylic acids is 2. The van der Waals surface area contributed by atoms with Gasteiger partial charge in [0.1, 0.15) is 13.2 Å². The minimum atomic E-state index is -1.31. The number of rotatable bonds is 17. The van der Waals surface area contributed by atoms with Gasteiger partial charge in [-0.25, -0.2) is 9.59 Å². The van der Waals surface area contributed by atoms with E-state index >= 15 is 0 Å². The lowest BCUT2D eigenvalue weighted by molar-refractivity contribution is -0.124. The topological polar surface area (TPSA) is 250 Å². The van der Waals surface area contributed by atoms with Crippen molar-refractivity contribution in [3.63, 3.8) is 0 Å². The molecule has 16 nitrogen and oxygen atoms in total. The molecule has 52 heavy (non-hydrogen) atoms. The molecule has 0 aliphatic carbocycles. The Morgan fingerprint density at radius 3 is 1.10 bits per heavy atom. The number of benzene rings is 2. The van der Waals surface area contributed by atoms with Gasteiger partial charge in [0, 0.05) is 7.14 Å². The van der Waals surface area contributed by atoms with Gasteiger partial charge in [0.25, 0.3) is 11.8 Å². The Hall–Kier alpha value is -0.520. The lowest BCUT2D eigenvalue weighted by Gasteiger charge is -2.25. The standard InChI is InChI=1S/C30H32I6N4O12/c1-29(2,9-41)39-25(45)13-17(31)15(27(47)48)21(35)23(19(13)33)37-11(43)7-51-5-6-52-8-12(44)38-24-20(34)14(26(46)40-30(3,4)10-42)18(32)16(22(24)36)28(49)50/h41-42H,5-10H2,1-4H3,(H,37,43)(H,38,44)(H,39,45)(H,40,46)(H,47,48)(H,49,50). The van der Waals surface area contributed by atoms with Crippen LogP contribution in [0.25, 0.3) is 0 Å². The Labute approximate surface area is 379 Å². The van der Waals surface area contributed by atoms with Crippen LogP contribution in [0.3, 0.4) is 0 Å². The van der Waals surface area contributed by atoms with Crippen molar-refractivity contribution < 1.29 is 58.7 Å². The van der Waals surface area contributed by atoms with Crippen molar-refractivity contribution in [2.45, 2.75) is 38.8 Å². The molecule has 0 fully saturated rings. The van der Waals surface area contributed by atoms with Crippen molar-refractivity contribution in [1.82, 2.24) is 10.6 Å². The second-order valence-electron chi connectivity index (χ2n) is 11.9. The number of nitrogens with one attached hydrogen (secondary N) is 4. The van der Waals surface area contributed by atoms with Crippen LogP contribution in [0.4, 0.5) is 11.4 Å². The molecule has 0 aromatic heterocycles. The van der Waals surface area contributed by atoms with Crippen LogP contribution in [0.5, 0.6) is 0 Å². The van der Waals surface area contributed by atoms with Crippen molar-refractivity contribution in [1.29, 1.82) is 0 Å². The number of carbonyl (C=O) groups is 6. The normalized spacial score (nSPS) is 11.5. The molecule has 2 aromatic rings. The molecule has 0 radical (unpaired) electrons. The molecule has 0 aliphatic heterocycles. The van der Waals surface area contributed by atoms with Crippen molar-refractivity contribution in [2.75, 3.05) is 50.3 Å². The fraction of sp³-hybridized carbons (Fsp3) is 0.400. The summed E-state index contributed by atoms with van der Waals surface area (Å²) in [4.78, 5) is 76.1. The maximum absolute atomic E-state index is 13.1. The van der Waals surface area contributed by atoms with Crippen LogP contribution in [0.1, 0.15) is 69.1 Å². The summed E-state index contributed by atoms with van der Waals surface area (Å²) in [6, 6.07) is 0. The Morgan fingerprint density at radius 1 is 0.538 bits per heavy atom. The number of hydrogen-bond donors (Lipinski definition) is 8. The van der Waals surface area contributed by atoms with E-state index in [2.05, 4.69) is 21.3 Å². The van der Waals surface area contributed by atoms with Crippen LogP contribution in [-0.2, 0) is 19.1 Å². The molecule has 4 amide bonds. The van der Waals surface area contributed by atoms with E-state index in [-0.39, 0.29) is 81.5 Å². The number of hydrogen-bond acceptors (Lipinski definition) is 10. The average Bonchev–Trinajstić information content (AvgIpc) is 3.02. The molecular formula is C30H32I6N4O12. The predicted octanol–water partition coefficient (Wildman–Crippen LogP) is 4.32. The van der Waals surface area contributed by atoms with Crippen molar-refractivity contribution in [3.8, 4) is 0 Å². The zero-order valence-electron chi connectivity index (χ0n) is 27.6. The summed E-state index contributed by atoms with van der Waals surface area (Å²) in [6.45, 7) is 4.40. The molecule has 0 aliphatic rings. The number of ether oxygens (including phenoxy) is 2. The largest absolute Gasteiger partial charge is 0.478 e.